The number of aryl methyl sites for hydroxylation is 1. The van der Waals surface area contributed by atoms with Crippen LogP contribution in [0.3, 0.4) is 0 Å². The van der Waals surface area contributed by atoms with Gasteiger partial charge in [0, 0.05) is 37.6 Å². The minimum atomic E-state index is 0.799. The summed E-state index contributed by atoms with van der Waals surface area (Å²) in [7, 11) is 0. The van der Waals surface area contributed by atoms with Crippen LogP contribution >= 0.6 is 0 Å². The standard InChI is InChI=1S/C28H34N4O/c1-23-7-11-27(12-8-23)30-13-15-32(16-14-30)29-22-26-10-9-25(21-24-5-3-2-4-6-24)28(26)31-17-19-33-20-18-31/h2-8,11-12,21-22H,9-10,13-20H2,1H3/b25-21+,29-22+. The molecule has 5 rings (SSSR count). The Kier molecular flexibility index (Phi) is 6.77. The number of nitrogens with zero attached hydrogens (tertiary/aromatic N) is 4. The van der Waals surface area contributed by atoms with Gasteiger partial charge in [0.2, 0.25) is 0 Å². The summed E-state index contributed by atoms with van der Waals surface area (Å²) >= 11 is 0. The van der Waals surface area contributed by atoms with E-state index in [1.165, 1.54) is 33.7 Å². The maximum Gasteiger partial charge on any atom is 0.0642 e. The van der Waals surface area contributed by atoms with E-state index in [4.69, 9.17) is 9.84 Å². The molecule has 0 amide bonds. The lowest BCUT2D eigenvalue weighted by Gasteiger charge is -2.34. The Labute approximate surface area is 197 Å². The fourth-order valence-corrected chi connectivity index (χ4v) is 4.90. The summed E-state index contributed by atoms with van der Waals surface area (Å²) in [6, 6.07) is 19.5. The summed E-state index contributed by atoms with van der Waals surface area (Å²) in [5, 5.41) is 7.16. The Morgan fingerprint density at radius 3 is 2.24 bits per heavy atom. The van der Waals surface area contributed by atoms with E-state index in [1.54, 1.807) is 0 Å². The van der Waals surface area contributed by atoms with Gasteiger partial charge in [-0.3, -0.25) is 5.01 Å². The molecule has 5 nitrogen and oxygen atoms in total. The summed E-state index contributed by atoms with van der Waals surface area (Å²) in [5.41, 5.74) is 8.05. The molecule has 0 radical (unpaired) electrons. The SMILES string of the molecule is Cc1ccc(N2CCN(/N=C/C3=C(N4CCOCC4)C(=C/c4ccccc4)/CC3)CC2)cc1. The fourth-order valence-electron chi connectivity index (χ4n) is 4.90. The van der Waals surface area contributed by atoms with Crippen LogP contribution in [0.5, 0.6) is 0 Å². The largest absolute Gasteiger partial charge is 0.378 e. The highest BCUT2D eigenvalue weighted by molar-refractivity contribution is 5.83. The first kappa shape index (κ1) is 21.8. The number of piperazine rings is 1. The van der Waals surface area contributed by atoms with Crippen molar-refractivity contribution in [1.29, 1.82) is 0 Å². The quantitative estimate of drug-likeness (QED) is 0.635. The van der Waals surface area contributed by atoms with Gasteiger partial charge in [-0.1, -0.05) is 48.0 Å². The molecule has 1 aliphatic carbocycles. The maximum absolute atomic E-state index is 5.63. The zero-order chi connectivity index (χ0) is 22.5. The lowest BCUT2D eigenvalue weighted by molar-refractivity contribution is 0.0548. The van der Waals surface area contributed by atoms with Gasteiger partial charge in [0.15, 0.2) is 0 Å². The van der Waals surface area contributed by atoms with E-state index in [1.807, 2.05) is 0 Å². The van der Waals surface area contributed by atoms with Crippen LogP contribution in [0.2, 0.25) is 0 Å². The summed E-state index contributed by atoms with van der Waals surface area (Å²) in [5.74, 6) is 0. The molecular weight excluding hydrogens is 408 g/mol. The highest BCUT2D eigenvalue weighted by atomic mass is 16.5. The van der Waals surface area contributed by atoms with Gasteiger partial charge < -0.3 is 14.5 Å². The number of benzene rings is 2. The molecule has 0 aromatic heterocycles. The molecule has 0 bridgehead atoms. The molecule has 2 aromatic rings. The second-order valence-electron chi connectivity index (χ2n) is 9.07. The molecule has 0 spiro atoms. The molecule has 0 saturated carbocycles. The first-order valence-electron chi connectivity index (χ1n) is 12.2. The van der Waals surface area contributed by atoms with E-state index in [-0.39, 0.29) is 0 Å². The van der Waals surface area contributed by atoms with Crippen LogP contribution in [0.1, 0.15) is 24.0 Å². The van der Waals surface area contributed by atoms with Crippen molar-refractivity contribution in [2.45, 2.75) is 19.8 Å². The van der Waals surface area contributed by atoms with Gasteiger partial charge in [0.25, 0.3) is 0 Å². The molecule has 3 aliphatic rings. The van der Waals surface area contributed by atoms with E-state index in [2.05, 4.69) is 88.6 Å². The Balaban J connectivity index is 1.30. The number of rotatable bonds is 5. The maximum atomic E-state index is 5.63. The van der Waals surface area contributed by atoms with Crippen molar-refractivity contribution < 1.29 is 4.74 Å². The molecule has 2 heterocycles. The van der Waals surface area contributed by atoms with Gasteiger partial charge in [-0.2, -0.15) is 5.10 Å². The predicted molar refractivity (Wildman–Crippen MR) is 137 cm³/mol. The number of hydrazone groups is 1. The molecule has 0 atom stereocenters. The van der Waals surface area contributed by atoms with Crippen molar-refractivity contribution in [3.05, 3.63) is 82.6 Å². The van der Waals surface area contributed by atoms with E-state index < -0.39 is 0 Å². The minimum Gasteiger partial charge on any atom is -0.378 e. The molecule has 0 unspecified atom stereocenters. The average molecular weight is 443 g/mol. The van der Waals surface area contributed by atoms with Gasteiger partial charge >= 0.3 is 0 Å². The van der Waals surface area contributed by atoms with E-state index in [9.17, 15) is 0 Å². The van der Waals surface area contributed by atoms with Crippen LogP contribution in [0.25, 0.3) is 6.08 Å². The Bertz CT molecular complexity index is 1010. The minimum absolute atomic E-state index is 0.799. The van der Waals surface area contributed by atoms with Crippen molar-refractivity contribution in [1.82, 2.24) is 9.91 Å². The third-order valence-corrected chi connectivity index (χ3v) is 6.77. The highest BCUT2D eigenvalue weighted by Crippen LogP contribution is 2.35. The summed E-state index contributed by atoms with van der Waals surface area (Å²) in [6.45, 7) is 9.57. The van der Waals surface area contributed by atoms with Crippen molar-refractivity contribution in [2.24, 2.45) is 5.10 Å². The van der Waals surface area contributed by atoms with E-state index >= 15 is 0 Å². The van der Waals surface area contributed by atoms with Crippen molar-refractivity contribution in [3.63, 3.8) is 0 Å². The van der Waals surface area contributed by atoms with Gasteiger partial charge in [-0.15, -0.1) is 0 Å². The monoisotopic (exact) mass is 442 g/mol. The number of ether oxygens (including phenoxy) is 1. The summed E-state index contributed by atoms with van der Waals surface area (Å²) < 4.78 is 5.63. The van der Waals surface area contributed by atoms with Gasteiger partial charge in [-0.25, -0.2) is 0 Å². The Morgan fingerprint density at radius 1 is 0.788 bits per heavy atom. The second kappa shape index (κ2) is 10.3. The van der Waals surface area contributed by atoms with Gasteiger partial charge in [0.1, 0.15) is 0 Å². The van der Waals surface area contributed by atoms with Gasteiger partial charge in [-0.05, 0) is 54.7 Å². The van der Waals surface area contributed by atoms with Crippen LogP contribution < -0.4 is 4.90 Å². The third kappa shape index (κ3) is 5.31. The van der Waals surface area contributed by atoms with Crippen molar-refractivity contribution >= 4 is 18.0 Å². The highest BCUT2D eigenvalue weighted by Gasteiger charge is 2.26. The van der Waals surface area contributed by atoms with E-state index in [0.29, 0.717) is 0 Å². The average Bonchev–Trinajstić information content (AvgIpc) is 3.27. The topological polar surface area (TPSA) is 31.3 Å². The first-order chi connectivity index (χ1) is 16.3. The number of hydrogen-bond acceptors (Lipinski definition) is 5. The second-order valence-corrected chi connectivity index (χ2v) is 9.07. The molecule has 0 N–H and O–H groups in total. The van der Waals surface area contributed by atoms with Crippen LogP contribution in [0.15, 0.2) is 76.5 Å². The van der Waals surface area contributed by atoms with Crippen LogP contribution in [-0.2, 0) is 4.74 Å². The molecule has 2 aliphatic heterocycles. The zero-order valence-electron chi connectivity index (χ0n) is 19.6. The summed E-state index contributed by atoms with van der Waals surface area (Å²) in [4.78, 5) is 4.96. The molecule has 2 aromatic carbocycles. The zero-order valence-corrected chi connectivity index (χ0v) is 19.6. The van der Waals surface area contributed by atoms with Crippen molar-refractivity contribution in [3.8, 4) is 0 Å². The fraction of sp³-hybridized carbons (Fsp3) is 0.393. The van der Waals surface area contributed by atoms with Gasteiger partial charge in [0.05, 0.1) is 32.5 Å². The molecule has 2 fully saturated rings. The molecule has 172 valence electrons. The molecule has 2 saturated heterocycles. The molecule has 5 heteroatoms. The number of allylic oxidation sites excluding steroid dienone is 2. The normalized spacial score (nSPS) is 21.0. The van der Waals surface area contributed by atoms with Crippen molar-refractivity contribution in [2.75, 3.05) is 57.4 Å². The van der Waals surface area contributed by atoms with Crippen LogP contribution in [0.4, 0.5) is 5.69 Å². The van der Waals surface area contributed by atoms with E-state index in [0.717, 1.165) is 65.3 Å². The Hall–Kier alpha value is -3.05. The Morgan fingerprint density at radius 2 is 1.52 bits per heavy atom. The summed E-state index contributed by atoms with van der Waals surface area (Å²) in [6.07, 6.45) is 6.62. The smallest absolute Gasteiger partial charge is 0.0642 e. The number of morpholine rings is 1. The molecule has 33 heavy (non-hydrogen) atoms. The number of hydrogen-bond donors (Lipinski definition) is 0. The lowest BCUT2D eigenvalue weighted by atomic mass is 10.1. The lowest BCUT2D eigenvalue weighted by Crippen LogP contribution is -2.44. The first-order valence-corrected chi connectivity index (χ1v) is 12.2. The van der Waals surface area contributed by atoms with Crippen LogP contribution in [-0.4, -0.2) is 68.6 Å². The third-order valence-electron chi connectivity index (χ3n) is 6.77. The van der Waals surface area contributed by atoms with Crippen LogP contribution in [0, 0.1) is 6.92 Å². The number of anilines is 1. The molecular formula is C28H34N4O. The predicted octanol–water partition coefficient (Wildman–Crippen LogP) is 4.57.